The fraction of sp³-hybridized carbons (Fsp3) is 0.611. The van der Waals surface area contributed by atoms with E-state index in [0.717, 1.165) is 18.5 Å². The van der Waals surface area contributed by atoms with Crippen LogP contribution in [0.5, 0.6) is 0 Å². The summed E-state index contributed by atoms with van der Waals surface area (Å²) in [5.41, 5.74) is 8.80. The summed E-state index contributed by atoms with van der Waals surface area (Å²) in [6, 6.07) is 8.40. The topological polar surface area (TPSA) is 43.8 Å². The second-order valence-electron chi connectivity index (χ2n) is 7.44. The van der Waals surface area contributed by atoms with Crippen LogP contribution < -0.4 is 5.73 Å². The van der Waals surface area contributed by atoms with Gasteiger partial charge in [-0.3, -0.25) is 0 Å². The van der Waals surface area contributed by atoms with Crippen LogP contribution in [0.3, 0.4) is 0 Å². The van der Waals surface area contributed by atoms with Crippen molar-refractivity contribution in [2.45, 2.75) is 39.5 Å². The number of aryl methyl sites for hydroxylation is 1. The number of para-hydroxylation sites is 2. The van der Waals surface area contributed by atoms with Crippen LogP contribution in [0, 0.1) is 17.3 Å². The van der Waals surface area contributed by atoms with E-state index in [1.165, 1.54) is 30.6 Å². The molecule has 0 amide bonds. The molecular formula is C18H27N3. The Morgan fingerprint density at radius 1 is 1.29 bits per heavy atom. The van der Waals surface area contributed by atoms with E-state index in [-0.39, 0.29) is 0 Å². The van der Waals surface area contributed by atoms with Crippen LogP contribution in [0.25, 0.3) is 11.0 Å². The van der Waals surface area contributed by atoms with Crippen LogP contribution in [0.15, 0.2) is 24.3 Å². The fourth-order valence-corrected chi connectivity index (χ4v) is 3.95. The molecule has 0 bridgehead atoms. The molecule has 1 fully saturated rings. The predicted octanol–water partition coefficient (Wildman–Crippen LogP) is 3.52. The van der Waals surface area contributed by atoms with Gasteiger partial charge in [0.1, 0.15) is 5.82 Å². The molecule has 1 aliphatic carbocycles. The van der Waals surface area contributed by atoms with E-state index >= 15 is 0 Å². The van der Waals surface area contributed by atoms with Crippen LogP contribution in [0.1, 0.15) is 38.9 Å². The first kappa shape index (κ1) is 14.6. The van der Waals surface area contributed by atoms with Crippen LogP contribution in [-0.4, -0.2) is 16.1 Å². The van der Waals surface area contributed by atoms with Crippen LogP contribution >= 0.6 is 0 Å². The van der Waals surface area contributed by atoms with Crippen molar-refractivity contribution in [3.63, 3.8) is 0 Å². The number of hydrogen-bond donors (Lipinski definition) is 1. The molecule has 3 heteroatoms. The molecule has 1 aliphatic rings. The van der Waals surface area contributed by atoms with Crippen molar-refractivity contribution in [2.75, 3.05) is 6.54 Å². The summed E-state index contributed by atoms with van der Waals surface area (Å²) in [6.07, 6.45) is 4.88. The molecule has 2 N–H and O–H groups in total. The van der Waals surface area contributed by atoms with Gasteiger partial charge in [0.15, 0.2) is 0 Å². The van der Waals surface area contributed by atoms with Gasteiger partial charge < -0.3 is 10.3 Å². The SMILES string of the molecule is Cn1c(CC2CC(C)(C)CCC2CN)nc2ccccc21. The average Bonchev–Trinajstić information content (AvgIpc) is 2.76. The lowest BCUT2D eigenvalue weighted by atomic mass is 9.66. The summed E-state index contributed by atoms with van der Waals surface area (Å²) in [5, 5.41) is 0. The Balaban J connectivity index is 1.87. The lowest BCUT2D eigenvalue weighted by Crippen LogP contribution is -2.35. The molecule has 21 heavy (non-hydrogen) atoms. The molecule has 3 nitrogen and oxygen atoms in total. The van der Waals surface area contributed by atoms with Gasteiger partial charge in [-0.15, -0.1) is 0 Å². The van der Waals surface area contributed by atoms with E-state index in [1.54, 1.807) is 0 Å². The van der Waals surface area contributed by atoms with Gasteiger partial charge in [0.25, 0.3) is 0 Å². The number of imidazole rings is 1. The van der Waals surface area contributed by atoms with Crippen LogP contribution in [0.4, 0.5) is 0 Å². The highest BCUT2D eigenvalue weighted by Gasteiger charge is 2.34. The van der Waals surface area contributed by atoms with Gasteiger partial charge in [-0.1, -0.05) is 26.0 Å². The minimum absolute atomic E-state index is 0.445. The Morgan fingerprint density at radius 2 is 2.05 bits per heavy atom. The van der Waals surface area contributed by atoms with Gasteiger partial charge in [-0.25, -0.2) is 4.98 Å². The summed E-state index contributed by atoms with van der Waals surface area (Å²) in [5.74, 6) is 2.52. The molecule has 2 atom stereocenters. The Labute approximate surface area is 127 Å². The van der Waals surface area contributed by atoms with E-state index in [4.69, 9.17) is 10.7 Å². The molecule has 3 rings (SSSR count). The number of rotatable bonds is 3. The monoisotopic (exact) mass is 285 g/mol. The van der Waals surface area contributed by atoms with Crippen LogP contribution in [-0.2, 0) is 13.5 Å². The molecule has 0 aliphatic heterocycles. The molecule has 114 valence electrons. The van der Waals surface area contributed by atoms with Crippen molar-refractivity contribution in [1.82, 2.24) is 9.55 Å². The third kappa shape index (κ3) is 2.84. The molecule has 0 saturated heterocycles. The van der Waals surface area contributed by atoms with Gasteiger partial charge in [-0.05, 0) is 55.2 Å². The second kappa shape index (κ2) is 5.45. The summed E-state index contributed by atoms with van der Waals surface area (Å²) in [4.78, 5) is 4.85. The minimum atomic E-state index is 0.445. The maximum Gasteiger partial charge on any atom is 0.109 e. The number of nitrogens with zero attached hydrogens (tertiary/aromatic N) is 2. The molecule has 2 unspecified atom stereocenters. The standard InChI is InChI=1S/C18H27N3/c1-18(2)9-8-13(12-19)14(11-18)10-17-20-15-6-4-5-7-16(15)21(17)3/h4-7,13-14H,8-12,19H2,1-3H3. The Bertz CT molecular complexity index is 626. The molecule has 0 radical (unpaired) electrons. The van der Waals surface area contributed by atoms with E-state index in [9.17, 15) is 0 Å². The van der Waals surface area contributed by atoms with Gasteiger partial charge in [-0.2, -0.15) is 0 Å². The third-order valence-electron chi connectivity index (χ3n) is 5.30. The van der Waals surface area contributed by atoms with Crippen molar-refractivity contribution in [2.24, 2.45) is 30.0 Å². The van der Waals surface area contributed by atoms with E-state index in [0.29, 0.717) is 17.3 Å². The quantitative estimate of drug-likeness (QED) is 0.937. The first-order valence-corrected chi connectivity index (χ1v) is 8.10. The Morgan fingerprint density at radius 3 is 2.76 bits per heavy atom. The number of benzene rings is 1. The highest BCUT2D eigenvalue weighted by Crippen LogP contribution is 2.42. The van der Waals surface area contributed by atoms with Gasteiger partial charge >= 0.3 is 0 Å². The predicted molar refractivity (Wildman–Crippen MR) is 88.1 cm³/mol. The van der Waals surface area contributed by atoms with Crippen molar-refractivity contribution in [3.05, 3.63) is 30.1 Å². The Kier molecular flexibility index (Phi) is 3.78. The number of aromatic nitrogens is 2. The molecule has 2 aromatic rings. The molecule has 1 aromatic heterocycles. The van der Waals surface area contributed by atoms with E-state index < -0.39 is 0 Å². The van der Waals surface area contributed by atoms with Crippen LogP contribution in [0.2, 0.25) is 0 Å². The van der Waals surface area contributed by atoms with Crippen molar-refractivity contribution in [3.8, 4) is 0 Å². The van der Waals surface area contributed by atoms with Crippen molar-refractivity contribution >= 4 is 11.0 Å². The molecule has 0 spiro atoms. The maximum absolute atomic E-state index is 6.02. The zero-order chi connectivity index (χ0) is 15.0. The summed E-state index contributed by atoms with van der Waals surface area (Å²) < 4.78 is 2.25. The second-order valence-corrected chi connectivity index (χ2v) is 7.44. The van der Waals surface area contributed by atoms with Gasteiger partial charge in [0.05, 0.1) is 11.0 Å². The van der Waals surface area contributed by atoms with Crippen molar-refractivity contribution < 1.29 is 0 Å². The fourth-order valence-electron chi connectivity index (χ4n) is 3.95. The van der Waals surface area contributed by atoms with E-state index in [2.05, 4.69) is 49.7 Å². The number of nitrogens with two attached hydrogens (primary N) is 1. The summed E-state index contributed by atoms with van der Waals surface area (Å²) in [7, 11) is 2.14. The number of fused-ring (bicyclic) bond motifs is 1. The van der Waals surface area contributed by atoms with Crippen molar-refractivity contribution in [1.29, 1.82) is 0 Å². The summed E-state index contributed by atoms with van der Waals surface area (Å²) in [6.45, 7) is 5.59. The van der Waals surface area contributed by atoms with Gasteiger partial charge in [0.2, 0.25) is 0 Å². The first-order chi connectivity index (χ1) is 10.00. The zero-order valence-electron chi connectivity index (χ0n) is 13.5. The number of hydrogen-bond acceptors (Lipinski definition) is 2. The highest BCUT2D eigenvalue weighted by molar-refractivity contribution is 5.75. The minimum Gasteiger partial charge on any atom is -0.331 e. The van der Waals surface area contributed by atoms with Gasteiger partial charge in [0, 0.05) is 13.5 Å². The molecule has 1 heterocycles. The molecular weight excluding hydrogens is 258 g/mol. The molecule has 1 saturated carbocycles. The normalized spacial score (nSPS) is 25.3. The smallest absolute Gasteiger partial charge is 0.109 e. The molecule has 1 aromatic carbocycles. The van der Waals surface area contributed by atoms with E-state index in [1.807, 2.05) is 0 Å². The highest BCUT2D eigenvalue weighted by atomic mass is 15.1. The largest absolute Gasteiger partial charge is 0.331 e. The lowest BCUT2D eigenvalue weighted by Gasteiger charge is -2.40. The zero-order valence-corrected chi connectivity index (χ0v) is 13.5. The average molecular weight is 285 g/mol. The Hall–Kier alpha value is -1.35. The maximum atomic E-state index is 6.02. The summed E-state index contributed by atoms with van der Waals surface area (Å²) >= 11 is 0. The first-order valence-electron chi connectivity index (χ1n) is 8.10. The lowest BCUT2D eigenvalue weighted by molar-refractivity contribution is 0.119. The third-order valence-corrected chi connectivity index (χ3v) is 5.30.